The molecule has 0 saturated heterocycles. The Bertz CT molecular complexity index is 1130. The highest BCUT2D eigenvalue weighted by Crippen LogP contribution is 2.36. The van der Waals surface area contributed by atoms with Crippen LogP contribution in [-0.4, -0.2) is 32.8 Å². The van der Waals surface area contributed by atoms with Gasteiger partial charge in [0.15, 0.2) is 11.5 Å². The zero-order chi connectivity index (χ0) is 20.3. The zero-order valence-corrected chi connectivity index (χ0v) is 17.4. The fraction of sp³-hybridized carbons (Fsp3) is 0.100. The minimum atomic E-state index is -0.585. The summed E-state index contributed by atoms with van der Waals surface area (Å²) in [5.74, 6) is -1.42. The van der Waals surface area contributed by atoms with Crippen molar-refractivity contribution in [1.29, 1.82) is 0 Å². The maximum atomic E-state index is 10.0. The number of hydrogen-bond donors (Lipinski definition) is 3. The SMILES string of the molecule is C=C(C)CN=c1scc(-c2cccc(Br)c2)n1N=Cc1ccc(O)c(O)c1O. The van der Waals surface area contributed by atoms with E-state index in [0.29, 0.717) is 11.3 Å². The van der Waals surface area contributed by atoms with Gasteiger partial charge in [-0.05, 0) is 31.2 Å². The van der Waals surface area contributed by atoms with Crippen molar-refractivity contribution >= 4 is 33.5 Å². The van der Waals surface area contributed by atoms with Crippen LogP contribution in [0, 0.1) is 0 Å². The second-order valence-corrected chi connectivity index (χ2v) is 7.87. The maximum absolute atomic E-state index is 10.0. The molecule has 0 unspecified atom stereocenters. The number of rotatable bonds is 5. The Labute approximate surface area is 174 Å². The lowest BCUT2D eigenvalue weighted by atomic mass is 10.2. The third-order valence-electron chi connectivity index (χ3n) is 3.76. The highest BCUT2D eigenvalue weighted by Gasteiger charge is 2.11. The summed E-state index contributed by atoms with van der Waals surface area (Å²) >= 11 is 4.91. The molecule has 0 radical (unpaired) electrons. The van der Waals surface area contributed by atoms with E-state index < -0.39 is 17.2 Å². The first-order valence-corrected chi connectivity index (χ1v) is 9.93. The molecule has 2 aromatic carbocycles. The van der Waals surface area contributed by atoms with Crippen molar-refractivity contribution in [2.75, 3.05) is 6.54 Å². The van der Waals surface area contributed by atoms with E-state index in [-0.39, 0.29) is 5.56 Å². The van der Waals surface area contributed by atoms with Crippen LogP contribution in [0.2, 0.25) is 0 Å². The van der Waals surface area contributed by atoms with Crippen LogP contribution in [-0.2, 0) is 0 Å². The van der Waals surface area contributed by atoms with Gasteiger partial charge in [-0.3, -0.25) is 4.99 Å². The Hall–Kier alpha value is -2.84. The monoisotopic (exact) mass is 459 g/mol. The molecule has 0 spiro atoms. The van der Waals surface area contributed by atoms with Crippen LogP contribution in [0.15, 0.2) is 68.5 Å². The van der Waals surface area contributed by atoms with Gasteiger partial charge in [0.1, 0.15) is 0 Å². The van der Waals surface area contributed by atoms with Crippen molar-refractivity contribution in [3.05, 3.63) is 68.8 Å². The van der Waals surface area contributed by atoms with Crippen LogP contribution in [0.4, 0.5) is 0 Å². The molecular weight excluding hydrogens is 442 g/mol. The summed E-state index contributed by atoms with van der Waals surface area (Å²) in [6, 6.07) is 10.6. The van der Waals surface area contributed by atoms with E-state index in [1.54, 1.807) is 4.68 Å². The molecule has 0 aliphatic carbocycles. The summed E-state index contributed by atoms with van der Waals surface area (Å²) in [6.45, 7) is 6.24. The third-order valence-corrected chi connectivity index (χ3v) is 5.11. The molecule has 28 heavy (non-hydrogen) atoms. The Morgan fingerprint density at radius 3 is 2.71 bits per heavy atom. The molecule has 0 atom stereocenters. The predicted molar refractivity (Wildman–Crippen MR) is 115 cm³/mol. The first kappa shape index (κ1) is 19.9. The van der Waals surface area contributed by atoms with Gasteiger partial charge in [-0.2, -0.15) is 5.10 Å². The van der Waals surface area contributed by atoms with Crippen LogP contribution >= 0.6 is 27.3 Å². The van der Waals surface area contributed by atoms with Gasteiger partial charge in [-0.25, -0.2) is 4.68 Å². The van der Waals surface area contributed by atoms with E-state index in [0.717, 1.165) is 21.3 Å². The predicted octanol–water partition coefficient (Wildman–Crippen LogP) is 4.45. The molecule has 3 rings (SSSR count). The number of aromatic nitrogens is 1. The van der Waals surface area contributed by atoms with Crippen molar-refractivity contribution in [3.63, 3.8) is 0 Å². The second-order valence-electron chi connectivity index (χ2n) is 6.11. The highest BCUT2D eigenvalue weighted by molar-refractivity contribution is 9.10. The third kappa shape index (κ3) is 4.35. The number of nitrogens with zero attached hydrogens (tertiary/aromatic N) is 3. The van der Waals surface area contributed by atoms with Crippen molar-refractivity contribution < 1.29 is 15.3 Å². The number of thiazole rings is 1. The Morgan fingerprint density at radius 2 is 2.00 bits per heavy atom. The molecule has 144 valence electrons. The maximum Gasteiger partial charge on any atom is 0.206 e. The molecule has 3 N–H and O–H groups in total. The number of phenolic OH excluding ortho intramolecular Hbond substituents is 3. The Balaban J connectivity index is 2.12. The van der Waals surface area contributed by atoms with Crippen molar-refractivity contribution in [2.45, 2.75) is 6.92 Å². The fourth-order valence-corrected chi connectivity index (χ4v) is 3.61. The highest BCUT2D eigenvalue weighted by atomic mass is 79.9. The fourth-order valence-electron chi connectivity index (χ4n) is 2.38. The first-order valence-electron chi connectivity index (χ1n) is 8.26. The lowest BCUT2D eigenvalue weighted by Crippen LogP contribution is -2.13. The van der Waals surface area contributed by atoms with Crippen molar-refractivity contribution in [2.24, 2.45) is 10.1 Å². The second kappa shape index (κ2) is 8.45. The molecule has 0 aliphatic heterocycles. The molecule has 8 heteroatoms. The standard InChI is InChI=1S/C20H18BrN3O3S/c1-12(2)9-22-20-24(16(11-28-20)13-4-3-5-15(21)8-13)23-10-14-6-7-17(25)19(27)18(14)26/h3-8,10-11,25-27H,1,9H2,2H3. The summed E-state index contributed by atoms with van der Waals surface area (Å²) < 4.78 is 2.60. The Morgan fingerprint density at radius 1 is 1.21 bits per heavy atom. The quantitative estimate of drug-likeness (QED) is 0.299. The molecule has 1 aromatic heterocycles. The summed E-state index contributed by atoms with van der Waals surface area (Å²) in [5.41, 5.74) is 2.96. The molecule has 3 aromatic rings. The van der Waals surface area contributed by atoms with E-state index in [9.17, 15) is 15.3 Å². The molecule has 1 heterocycles. The summed E-state index contributed by atoms with van der Waals surface area (Å²) in [5, 5.41) is 35.6. The molecule has 6 nitrogen and oxygen atoms in total. The molecule has 0 aliphatic rings. The number of aromatic hydroxyl groups is 3. The minimum absolute atomic E-state index is 0.264. The van der Waals surface area contributed by atoms with Crippen LogP contribution < -0.4 is 4.80 Å². The normalized spacial score (nSPS) is 12.0. The summed E-state index contributed by atoms with van der Waals surface area (Å²) in [4.78, 5) is 5.21. The van der Waals surface area contributed by atoms with Crippen LogP contribution in [0.3, 0.4) is 0 Å². The van der Waals surface area contributed by atoms with Crippen molar-refractivity contribution in [1.82, 2.24) is 4.68 Å². The number of hydrogen-bond acceptors (Lipinski definition) is 6. The van der Waals surface area contributed by atoms with E-state index >= 15 is 0 Å². The number of benzene rings is 2. The van der Waals surface area contributed by atoms with E-state index in [2.05, 4.69) is 32.6 Å². The van der Waals surface area contributed by atoms with Gasteiger partial charge in [0.05, 0.1) is 18.5 Å². The van der Waals surface area contributed by atoms with Gasteiger partial charge in [0.25, 0.3) is 0 Å². The van der Waals surface area contributed by atoms with Crippen molar-refractivity contribution in [3.8, 4) is 28.5 Å². The van der Waals surface area contributed by atoms with E-state index in [4.69, 9.17) is 0 Å². The van der Waals surface area contributed by atoms with Crippen LogP contribution in [0.1, 0.15) is 12.5 Å². The van der Waals surface area contributed by atoms with Gasteiger partial charge >= 0.3 is 0 Å². The molecule has 0 amide bonds. The number of halogens is 1. The lowest BCUT2D eigenvalue weighted by molar-refractivity contribution is 0.367. The van der Waals surface area contributed by atoms with Gasteiger partial charge in [0.2, 0.25) is 10.6 Å². The minimum Gasteiger partial charge on any atom is -0.504 e. The molecule has 0 saturated carbocycles. The summed E-state index contributed by atoms with van der Waals surface area (Å²) in [7, 11) is 0. The van der Waals surface area contributed by atoms with Crippen LogP contribution in [0.5, 0.6) is 17.2 Å². The van der Waals surface area contributed by atoms with E-state index in [1.807, 2.05) is 36.6 Å². The van der Waals surface area contributed by atoms with Gasteiger partial charge in [-0.15, -0.1) is 11.3 Å². The topological polar surface area (TPSA) is 90.3 Å². The van der Waals surface area contributed by atoms with Gasteiger partial charge in [0, 0.05) is 21.0 Å². The number of phenols is 3. The lowest BCUT2D eigenvalue weighted by Gasteiger charge is -2.06. The first-order chi connectivity index (χ1) is 13.4. The smallest absolute Gasteiger partial charge is 0.206 e. The average Bonchev–Trinajstić information content (AvgIpc) is 3.07. The van der Waals surface area contributed by atoms with Gasteiger partial charge < -0.3 is 15.3 Å². The molecule has 0 fully saturated rings. The molecular formula is C20H18BrN3O3S. The summed E-state index contributed by atoms with van der Waals surface area (Å²) in [6.07, 6.45) is 1.41. The average molecular weight is 460 g/mol. The van der Waals surface area contributed by atoms with E-state index in [1.165, 1.54) is 29.7 Å². The largest absolute Gasteiger partial charge is 0.504 e. The van der Waals surface area contributed by atoms with Gasteiger partial charge in [-0.1, -0.05) is 40.2 Å². The van der Waals surface area contributed by atoms with Crippen LogP contribution in [0.25, 0.3) is 11.3 Å². The zero-order valence-electron chi connectivity index (χ0n) is 15.0. The molecule has 0 bridgehead atoms. The Kier molecular flexibility index (Phi) is 6.01.